The molecule has 0 unspecified atom stereocenters. The van der Waals surface area contributed by atoms with Crippen LogP contribution < -0.4 is 10.1 Å². The second kappa shape index (κ2) is 12.5. The molecule has 2 aromatic carbocycles. The van der Waals surface area contributed by atoms with Crippen molar-refractivity contribution >= 4 is 66.5 Å². The Morgan fingerprint density at radius 1 is 1.03 bits per heavy atom. The zero-order valence-electron chi connectivity index (χ0n) is 17.5. The molecule has 4 nitrogen and oxygen atoms in total. The first-order valence-electron chi connectivity index (χ1n) is 10.5. The average Bonchev–Trinajstić information content (AvgIpc) is 3.08. The lowest BCUT2D eigenvalue weighted by Crippen LogP contribution is -2.19. The third-order valence-electron chi connectivity index (χ3n) is 4.70. The van der Waals surface area contributed by atoms with Crippen LogP contribution in [0.4, 0.5) is 5.69 Å². The van der Waals surface area contributed by atoms with E-state index in [1.54, 1.807) is 0 Å². The smallest absolute Gasteiger partial charge is 0.264 e. The van der Waals surface area contributed by atoms with Crippen molar-refractivity contribution in [3.63, 3.8) is 0 Å². The fourth-order valence-corrected chi connectivity index (χ4v) is 5.40. The third kappa shape index (κ3) is 7.51. The van der Waals surface area contributed by atoms with E-state index in [1.807, 2.05) is 48.5 Å². The molecule has 0 atom stereocenters. The number of carbonyl (C=O) groups is 1. The highest BCUT2D eigenvalue weighted by molar-refractivity contribution is 9.11. The maximum atomic E-state index is 12.4. The Bertz CT molecular complexity index is 938. The van der Waals surface area contributed by atoms with E-state index >= 15 is 0 Å². The van der Waals surface area contributed by atoms with Crippen molar-refractivity contribution in [1.82, 2.24) is 5.32 Å². The molecule has 1 amide bonds. The lowest BCUT2D eigenvalue weighted by atomic mass is 10.1. The van der Waals surface area contributed by atoms with Crippen LogP contribution >= 0.6 is 43.6 Å². The number of rotatable bonds is 10. The molecule has 164 valence electrons. The van der Waals surface area contributed by atoms with Gasteiger partial charge in [0.25, 0.3) is 5.91 Å². The predicted molar refractivity (Wildman–Crippen MR) is 138 cm³/mol. The maximum absolute atomic E-state index is 12.4. The number of amidine groups is 1. The van der Waals surface area contributed by atoms with E-state index in [4.69, 9.17) is 4.74 Å². The quantitative estimate of drug-likeness (QED) is 0.236. The van der Waals surface area contributed by atoms with Crippen LogP contribution in [-0.4, -0.2) is 17.7 Å². The Kier molecular flexibility index (Phi) is 9.68. The van der Waals surface area contributed by atoms with Crippen LogP contribution in [0.5, 0.6) is 5.75 Å². The number of nitrogens with one attached hydrogen (secondary N) is 1. The van der Waals surface area contributed by atoms with E-state index in [2.05, 4.69) is 49.1 Å². The predicted octanol–water partition coefficient (Wildman–Crippen LogP) is 7.84. The van der Waals surface area contributed by atoms with E-state index in [9.17, 15) is 4.79 Å². The van der Waals surface area contributed by atoms with Crippen LogP contribution in [0.3, 0.4) is 0 Å². The Morgan fingerprint density at radius 2 is 1.71 bits per heavy atom. The van der Waals surface area contributed by atoms with E-state index in [0.717, 1.165) is 32.4 Å². The van der Waals surface area contributed by atoms with Crippen LogP contribution in [0.15, 0.2) is 61.3 Å². The average molecular weight is 566 g/mol. The number of unbranched alkanes of at least 4 members (excludes halogenated alkanes) is 5. The number of para-hydroxylation sites is 1. The summed E-state index contributed by atoms with van der Waals surface area (Å²) in [4.78, 5) is 17.4. The zero-order valence-corrected chi connectivity index (χ0v) is 21.5. The molecule has 1 aliphatic heterocycles. The van der Waals surface area contributed by atoms with Crippen molar-refractivity contribution in [3.05, 3.63) is 61.9 Å². The summed E-state index contributed by atoms with van der Waals surface area (Å²) in [5.41, 5.74) is 1.72. The van der Waals surface area contributed by atoms with E-state index in [1.165, 1.54) is 43.9 Å². The summed E-state index contributed by atoms with van der Waals surface area (Å²) in [6.07, 6.45) is 9.25. The molecule has 31 heavy (non-hydrogen) atoms. The summed E-state index contributed by atoms with van der Waals surface area (Å²) in [5.74, 6) is 0.654. The number of benzene rings is 2. The second-order valence-electron chi connectivity index (χ2n) is 7.25. The molecule has 1 heterocycles. The normalized spacial score (nSPS) is 16.2. The van der Waals surface area contributed by atoms with Gasteiger partial charge in [0.15, 0.2) is 5.17 Å². The zero-order chi connectivity index (χ0) is 22.1. The van der Waals surface area contributed by atoms with Gasteiger partial charge >= 0.3 is 0 Å². The molecular formula is C24H26Br2N2O2S. The topological polar surface area (TPSA) is 50.7 Å². The molecule has 1 N–H and O–H groups in total. The molecule has 2 aromatic rings. The number of amides is 1. The molecule has 0 aromatic heterocycles. The van der Waals surface area contributed by atoms with Crippen LogP contribution in [0.1, 0.15) is 51.0 Å². The van der Waals surface area contributed by atoms with E-state index in [-0.39, 0.29) is 5.91 Å². The minimum Gasteiger partial charge on any atom is -0.491 e. The van der Waals surface area contributed by atoms with Crippen LogP contribution in [0.2, 0.25) is 0 Å². The molecule has 0 aliphatic carbocycles. The van der Waals surface area contributed by atoms with Crippen LogP contribution in [0.25, 0.3) is 6.08 Å². The molecular weight excluding hydrogens is 540 g/mol. The first kappa shape index (κ1) is 24.1. The number of nitrogens with zero attached hydrogens (tertiary/aromatic N) is 1. The molecule has 0 spiro atoms. The van der Waals surface area contributed by atoms with Crippen molar-refractivity contribution in [2.24, 2.45) is 4.99 Å². The third-order valence-corrected chi connectivity index (χ3v) is 6.79. The van der Waals surface area contributed by atoms with Crippen molar-refractivity contribution in [1.29, 1.82) is 0 Å². The van der Waals surface area contributed by atoms with Gasteiger partial charge < -0.3 is 10.1 Å². The van der Waals surface area contributed by atoms with Crippen LogP contribution in [0, 0.1) is 0 Å². The monoisotopic (exact) mass is 564 g/mol. The van der Waals surface area contributed by atoms with Gasteiger partial charge in [-0.15, -0.1) is 0 Å². The van der Waals surface area contributed by atoms with Gasteiger partial charge in [0.2, 0.25) is 0 Å². The summed E-state index contributed by atoms with van der Waals surface area (Å²) < 4.78 is 7.71. The van der Waals surface area contributed by atoms with Gasteiger partial charge in [0.1, 0.15) is 5.75 Å². The van der Waals surface area contributed by atoms with E-state index in [0.29, 0.717) is 16.7 Å². The van der Waals surface area contributed by atoms with Crippen molar-refractivity contribution < 1.29 is 9.53 Å². The van der Waals surface area contributed by atoms with Gasteiger partial charge in [-0.25, -0.2) is 4.99 Å². The number of hydrogen-bond acceptors (Lipinski definition) is 4. The van der Waals surface area contributed by atoms with Crippen molar-refractivity contribution in [2.75, 3.05) is 6.61 Å². The second-order valence-corrected chi connectivity index (χ2v) is 9.99. The van der Waals surface area contributed by atoms with Gasteiger partial charge in [-0.05, 0) is 85.9 Å². The largest absolute Gasteiger partial charge is 0.491 e. The Hall–Kier alpha value is -1.57. The van der Waals surface area contributed by atoms with Gasteiger partial charge in [0, 0.05) is 0 Å². The number of hydrogen-bond donors (Lipinski definition) is 1. The molecule has 1 aliphatic rings. The molecule has 0 saturated carbocycles. The van der Waals surface area contributed by atoms with Gasteiger partial charge in [0.05, 0.1) is 26.1 Å². The summed E-state index contributed by atoms with van der Waals surface area (Å²) in [7, 11) is 0. The number of carbonyl (C=O) groups excluding carboxylic acids is 1. The minimum absolute atomic E-state index is 0.143. The molecule has 1 fully saturated rings. The maximum Gasteiger partial charge on any atom is 0.264 e. The SMILES string of the molecule is CCCCCCCCOc1c(Br)cc(/C=C2/SC(=Nc3ccccc3)NC2=O)cc1Br. The van der Waals surface area contributed by atoms with Gasteiger partial charge in [-0.2, -0.15) is 0 Å². The van der Waals surface area contributed by atoms with Gasteiger partial charge in [-0.3, -0.25) is 4.79 Å². The first-order valence-corrected chi connectivity index (χ1v) is 12.9. The molecule has 3 rings (SSSR count). The first-order chi connectivity index (χ1) is 15.1. The highest BCUT2D eigenvalue weighted by Crippen LogP contribution is 2.37. The molecule has 0 bridgehead atoms. The lowest BCUT2D eigenvalue weighted by molar-refractivity contribution is -0.115. The fourth-order valence-electron chi connectivity index (χ4n) is 3.11. The minimum atomic E-state index is -0.143. The Labute approximate surface area is 205 Å². The standard InChI is InChI=1S/C24H26Br2N2O2S/c1-2-3-4-5-6-10-13-30-22-19(25)14-17(15-20(22)26)16-21-23(29)28-24(31-21)27-18-11-8-7-9-12-18/h7-9,11-12,14-16H,2-6,10,13H2,1H3,(H,27,28,29)/b21-16+. The highest BCUT2D eigenvalue weighted by atomic mass is 79.9. The summed E-state index contributed by atoms with van der Waals surface area (Å²) in [6, 6.07) is 13.5. The number of thioether (sulfide) groups is 1. The van der Waals surface area contributed by atoms with Crippen LogP contribution in [-0.2, 0) is 4.79 Å². The molecule has 7 heteroatoms. The highest BCUT2D eigenvalue weighted by Gasteiger charge is 2.24. The molecule has 0 radical (unpaired) electrons. The summed E-state index contributed by atoms with van der Waals surface area (Å²) in [5, 5.41) is 3.41. The lowest BCUT2D eigenvalue weighted by Gasteiger charge is -2.11. The molecule has 1 saturated heterocycles. The summed E-state index contributed by atoms with van der Waals surface area (Å²) >= 11 is 8.55. The van der Waals surface area contributed by atoms with Crippen molar-refractivity contribution in [2.45, 2.75) is 45.4 Å². The van der Waals surface area contributed by atoms with E-state index < -0.39 is 0 Å². The number of ether oxygens (including phenoxy) is 1. The number of aliphatic imine (C=N–C) groups is 1. The Morgan fingerprint density at radius 3 is 2.42 bits per heavy atom. The van der Waals surface area contributed by atoms with Crippen molar-refractivity contribution in [3.8, 4) is 5.75 Å². The fraction of sp³-hybridized carbons (Fsp3) is 0.333. The Balaban J connectivity index is 1.61. The number of halogens is 2. The van der Waals surface area contributed by atoms with Gasteiger partial charge in [-0.1, -0.05) is 57.2 Å². The summed E-state index contributed by atoms with van der Waals surface area (Å²) in [6.45, 7) is 2.92.